The number of rotatable bonds is 7. The predicted octanol–water partition coefficient (Wildman–Crippen LogP) is 2.38. The van der Waals surface area contributed by atoms with E-state index in [4.69, 9.17) is 5.84 Å². The van der Waals surface area contributed by atoms with Crippen LogP contribution in [0.1, 0.15) is 24.5 Å². The number of hydrogen-bond acceptors (Lipinski definition) is 3. The molecule has 1 unspecified atom stereocenters. The van der Waals surface area contributed by atoms with Gasteiger partial charge < -0.3 is 0 Å². The number of aryl methyl sites for hydroxylation is 1. The summed E-state index contributed by atoms with van der Waals surface area (Å²) in [5.74, 6) is 6.71. The molecule has 0 heterocycles. The van der Waals surface area contributed by atoms with Crippen molar-refractivity contribution in [2.45, 2.75) is 32.2 Å². The third-order valence-corrected chi connectivity index (χ3v) is 3.46. The number of hydrogen-bond donors (Lipinski definition) is 2. The average Bonchev–Trinajstić information content (AvgIpc) is 2.35. The highest BCUT2D eigenvalue weighted by atomic mass is 32.2. The van der Waals surface area contributed by atoms with Crippen LogP contribution in [0.5, 0.6) is 0 Å². The number of benzene rings is 1. The van der Waals surface area contributed by atoms with Gasteiger partial charge in [-0.15, -0.1) is 0 Å². The summed E-state index contributed by atoms with van der Waals surface area (Å²) in [5.41, 5.74) is 5.66. The molecule has 0 amide bonds. The predicted molar refractivity (Wildman–Crippen MR) is 73.6 cm³/mol. The molecule has 1 atom stereocenters. The molecular weight excluding hydrogens is 216 g/mol. The van der Waals surface area contributed by atoms with Gasteiger partial charge in [-0.05, 0) is 42.4 Å². The summed E-state index contributed by atoms with van der Waals surface area (Å²) in [6.45, 7) is 2.18. The van der Waals surface area contributed by atoms with E-state index >= 15 is 0 Å². The molecule has 0 saturated carbocycles. The molecule has 2 nitrogen and oxygen atoms in total. The first-order valence-corrected chi connectivity index (χ1v) is 7.22. The monoisotopic (exact) mass is 238 g/mol. The van der Waals surface area contributed by atoms with Crippen molar-refractivity contribution in [2.75, 3.05) is 12.0 Å². The molecule has 1 aromatic rings. The molecule has 16 heavy (non-hydrogen) atoms. The molecule has 3 heteroatoms. The van der Waals surface area contributed by atoms with Crippen molar-refractivity contribution in [3.05, 3.63) is 35.4 Å². The van der Waals surface area contributed by atoms with Crippen LogP contribution in [0.25, 0.3) is 0 Å². The maximum Gasteiger partial charge on any atom is 0.0258 e. The van der Waals surface area contributed by atoms with E-state index in [1.54, 1.807) is 0 Å². The number of thioether (sulfide) groups is 1. The van der Waals surface area contributed by atoms with Crippen LogP contribution in [-0.2, 0) is 12.8 Å². The molecule has 1 rings (SSSR count). The normalized spacial score (nSPS) is 12.7. The molecular formula is C13H22N2S. The van der Waals surface area contributed by atoms with Gasteiger partial charge in [0, 0.05) is 6.04 Å². The first-order valence-electron chi connectivity index (χ1n) is 5.83. The second kappa shape index (κ2) is 7.71. The third kappa shape index (κ3) is 4.56. The van der Waals surface area contributed by atoms with Gasteiger partial charge in [0.15, 0.2) is 0 Å². The second-order valence-electron chi connectivity index (χ2n) is 4.02. The van der Waals surface area contributed by atoms with Crippen LogP contribution in [0.2, 0.25) is 0 Å². The van der Waals surface area contributed by atoms with Crippen molar-refractivity contribution in [1.82, 2.24) is 5.43 Å². The summed E-state index contributed by atoms with van der Waals surface area (Å²) in [6.07, 6.45) is 5.36. The minimum atomic E-state index is 0.389. The molecule has 0 fully saturated rings. The van der Waals surface area contributed by atoms with Crippen molar-refractivity contribution in [3.8, 4) is 0 Å². The van der Waals surface area contributed by atoms with Gasteiger partial charge >= 0.3 is 0 Å². The van der Waals surface area contributed by atoms with Crippen molar-refractivity contribution < 1.29 is 0 Å². The topological polar surface area (TPSA) is 38.0 Å². The molecule has 0 saturated heterocycles. The molecule has 0 bridgehead atoms. The summed E-state index contributed by atoms with van der Waals surface area (Å²) in [5, 5.41) is 0. The molecule has 90 valence electrons. The smallest absolute Gasteiger partial charge is 0.0258 e. The molecule has 0 spiro atoms. The highest BCUT2D eigenvalue weighted by molar-refractivity contribution is 7.98. The van der Waals surface area contributed by atoms with Crippen LogP contribution in [-0.4, -0.2) is 18.1 Å². The van der Waals surface area contributed by atoms with E-state index in [9.17, 15) is 0 Å². The number of nitrogens with two attached hydrogens (primary N) is 1. The van der Waals surface area contributed by atoms with Gasteiger partial charge in [-0.2, -0.15) is 11.8 Å². The zero-order valence-electron chi connectivity index (χ0n) is 10.2. The van der Waals surface area contributed by atoms with E-state index in [2.05, 4.69) is 42.9 Å². The summed E-state index contributed by atoms with van der Waals surface area (Å²) in [6, 6.07) is 9.22. The van der Waals surface area contributed by atoms with Crippen LogP contribution >= 0.6 is 11.8 Å². The lowest BCUT2D eigenvalue weighted by atomic mass is 10.0. The zero-order chi connectivity index (χ0) is 11.8. The van der Waals surface area contributed by atoms with Gasteiger partial charge in [0.2, 0.25) is 0 Å². The maximum absolute atomic E-state index is 5.56. The Bertz CT molecular complexity index is 284. The quantitative estimate of drug-likeness (QED) is 0.566. The molecule has 0 aromatic heterocycles. The van der Waals surface area contributed by atoms with Crippen LogP contribution in [0.15, 0.2) is 24.3 Å². The van der Waals surface area contributed by atoms with E-state index in [0.717, 1.165) is 25.0 Å². The Morgan fingerprint density at radius 1 is 1.25 bits per heavy atom. The first kappa shape index (κ1) is 13.6. The van der Waals surface area contributed by atoms with Crippen molar-refractivity contribution >= 4 is 11.8 Å². The van der Waals surface area contributed by atoms with E-state index in [1.807, 2.05) is 11.8 Å². The molecule has 1 aromatic carbocycles. The molecule has 3 N–H and O–H groups in total. The first-order chi connectivity index (χ1) is 7.80. The minimum Gasteiger partial charge on any atom is -0.271 e. The van der Waals surface area contributed by atoms with E-state index in [1.165, 1.54) is 11.1 Å². The van der Waals surface area contributed by atoms with Crippen LogP contribution in [0, 0.1) is 0 Å². The van der Waals surface area contributed by atoms with Crippen LogP contribution in [0.4, 0.5) is 0 Å². The lowest BCUT2D eigenvalue weighted by molar-refractivity contribution is 0.514. The standard InChI is InChI=1S/C13H22N2S/c1-3-11-4-6-12(7-5-11)10-13(15-14)8-9-16-2/h4-7,13,15H,3,8-10,14H2,1-2H3. The number of hydrazine groups is 1. The van der Waals surface area contributed by atoms with Gasteiger partial charge in [0.05, 0.1) is 0 Å². The van der Waals surface area contributed by atoms with Crippen LogP contribution < -0.4 is 11.3 Å². The van der Waals surface area contributed by atoms with E-state index in [-0.39, 0.29) is 0 Å². The lowest BCUT2D eigenvalue weighted by Crippen LogP contribution is -2.37. The second-order valence-corrected chi connectivity index (χ2v) is 5.00. The lowest BCUT2D eigenvalue weighted by Gasteiger charge is -2.15. The molecule has 0 radical (unpaired) electrons. The van der Waals surface area contributed by atoms with Crippen molar-refractivity contribution in [3.63, 3.8) is 0 Å². The average molecular weight is 238 g/mol. The Labute approximate surface area is 103 Å². The molecule has 0 aliphatic heterocycles. The number of nitrogens with one attached hydrogen (secondary N) is 1. The summed E-state index contributed by atoms with van der Waals surface area (Å²) < 4.78 is 0. The minimum absolute atomic E-state index is 0.389. The van der Waals surface area contributed by atoms with Gasteiger partial charge in [0.25, 0.3) is 0 Å². The Morgan fingerprint density at radius 3 is 2.38 bits per heavy atom. The Balaban J connectivity index is 2.49. The molecule has 0 aliphatic rings. The van der Waals surface area contributed by atoms with Gasteiger partial charge in [-0.1, -0.05) is 31.2 Å². The SMILES string of the molecule is CCc1ccc(CC(CCSC)NN)cc1. The van der Waals surface area contributed by atoms with Gasteiger partial charge in [0.1, 0.15) is 0 Å². The van der Waals surface area contributed by atoms with Crippen molar-refractivity contribution in [1.29, 1.82) is 0 Å². The Morgan fingerprint density at radius 2 is 1.88 bits per heavy atom. The Hall–Kier alpha value is -0.510. The fourth-order valence-electron chi connectivity index (χ4n) is 1.70. The highest BCUT2D eigenvalue weighted by Gasteiger charge is 2.06. The van der Waals surface area contributed by atoms with Gasteiger partial charge in [-0.3, -0.25) is 11.3 Å². The van der Waals surface area contributed by atoms with Crippen LogP contribution in [0.3, 0.4) is 0 Å². The highest BCUT2D eigenvalue weighted by Crippen LogP contribution is 2.10. The van der Waals surface area contributed by atoms with Crippen molar-refractivity contribution in [2.24, 2.45) is 5.84 Å². The van der Waals surface area contributed by atoms with E-state index < -0.39 is 0 Å². The molecule has 0 aliphatic carbocycles. The summed E-state index contributed by atoms with van der Waals surface area (Å²) >= 11 is 1.87. The fraction of sp³-hybridized carbons (Fsp3) is 0.538. The van der Waals surface area contributed by atoms with E-state index in [0.29, 0.717) is 6.04 Å². The largest absolute Gasteiger partial charge is 0.271 e. The summed E-state index contributed by atoms with van der Waals surface area (Å²) in [4.78, 5) is 0. The Kier molecular flexibility index (Phi) is 6.53. The summed E-state index contributed by atoms with van der Waals surface area (Å²) in [7, 11) is 0. The zero-order valence-corrected chi connectivity index (χ0v) is 11.0. The maximum atomic E-state index is 5.56. The van der Waals surface area contributed by atoms with Gasteiger partial charge in [-0.25, -0.2) is 0 Å². The third-order valence-electron chi connectivity index (χ3n) is 2.82. The fourth-order valence-corrected chi connectivity index (χ4v) is 2.22.